The number of fused-ring (bicyclic) bond motifs is 1. The van der Waals surface area contributed by atoms with E-state index in [0.717, 1.165) is 38.2 Å². The Morgan fingerprint density at radius 3 is 3.00 bits per heavy atom. The smallest absolute Gasteiger partial charge is 0.159 e. The summed E-state index contributed by atoms with van der Waals surface area (Å²) in [6.07, 6.45) is 3.09. The highest BCUT2D eigenvalue weighted by Gasteiger charge is 2.31. The molecule has 1 aliphatic rings. The Morgan fingerprint density at radius 2 is 2.17 bits per heavy atom. The van der Waals surface area contributed by atoms with Gasteiger partial charge in [0.1, 0.15) is 0 Å². The number of nitrogens with zero attached hydrogens (tertiary/aromatic N) is 4. The first-order valence-corrected chi connectivity index (χ1v) is 6.44. The summed E-state index contributed by atoms with van der Waals surface area (Å²) in [5.41, 5.74) is 8.29. The lowest BCUT2D eigenvalue weighted by Gasteiger charge is -2.28. The average molecular weight is 243 g/mol. The molecule has 1 aromatic carbocycles. The van der Waals surface area contributed by atoms with Gasteiger partial charge in [-0.15, -0.1) is 5.10 Å². The standard InChI is InChI=1S/C13H17N5/c14-7-3-4-8-18-13(15-16-17-18)12-9-10-5-1-2-6-11(10)12/h1-2,5-6,12H,3-4,7-9,14H2. The molecule has 94 valence electrons. The van der Waals surface area contributed by atoms with Crippen LogP contribution < -0.4 is 5.73 Å². The van der Waals surface area contributed by atoms with Crippen LogP contribution in [-0.4, -0.2) is 26.8 Å². The summed E-state index contributed by atoms with van der Waals surface area (Å²) in [4.78, 5) is 0. The molecule has 0 bridgehead atoms. The van der Waals surface area contributed by atoms with Crippen molar-refractivity contribution in [2.75, 3.05) is 6.54 Å². The zero-order valence-electron chi connectivity index (χ0n) is 10.3. The van der Waals surface area contributed by atoms with Crippen LogP contribution in [0, 0.1) is 0 Å². The summed E-state index contributed by atoms with van der Waals surface area (Å²) in [6, 6.07) is 8.50. The van der Waals surface area contributed by atoms with Crippen LogP contribution >= 0.6 is 0 Å². The van der Waals surface area contributed by atoms with Crippen LogP contribution in [0.5, 0.6) is 0 Å². The van der Waals surface area contributed by atoms with E-state index in [9.17, 15) is 0 Å². The molecule has 2 aromatic rings. The fourth-order valence-electron chi connectivity index (χ4n) is 2.52. The minimum Gasteiger partial charge on any atom is -0.330 e. The number of hydrogen-bond acceptors (Lipinski definition) is 4. The Hall–Kier alpha value is -1.75. The molecule has 0 aliphatic heterocycles. The Morgan fingerprint density at radius 1 is 1.28 bits per heavy atom. The molecule has 18 heavy (non-hydrogen) atoms. The molecule has 0 amide bonds. The van der Waals surface area contributed by atoms with Gasteiger partial charge in [-0.3, -0.25) is 0 Å². The molecule has 1 aliphatic carbocycles. The Balaban J connectivity index is 1.77. The fraction of sp³-hybridized carbons (Fsp3) is 0.462. The first kappa shape index (κ1) is 11.3. The van der Waals surface area contributed by atoms with E-state index >= 15 is 0 Å². The van der Waals surface area contributed by atoms with Gasteiger partial charge in [-0.25, -0.2) is 4.68 Å². The molecular formula is C13H17N5. The summed E-state index contributed by atoms with van der Waals surface area (Å²) in [5, 5.41) is 12.1. The molecule has 3 rings (SSSR count). The molecule has 0 saturated heterocycles. The van der Waals surface area contributed by atoms with Gasteiger partial charge in [-0.2, -0.15) is 0 Å². The van der Waals surface area contributed by atoms with Crippen LogP contribution in [0.25, 0.3) is 0 Å². The maximum atomic E-state index is 5.51. The number of aryl methyl sites for hydroxylation is 1. The number of aromatic nitrogens is 4. The number of unbranched alkanes of at least 4 members (excludes halogenated alkanes) is 1. The van der Waals surface area contributed by atoms with Crippen molar-refractivity contribution in [3.8, 4) is 0 Å². The van der Waals surface area contributed by atoms with E-state index in [-0.39, 0.29) is 0 Å². The summed E-state index contributed by atoms with van der Waals surface area (Å²) in [6.45, 7) is 1.59. The van der Waals surface area contributed by atoms with Crippen molar-refractivity contribution in [1.29, 1.82) is 0 Å². The number of tetrazole rings is 1. The number of rotatable bonds is 5. The van der Waals surface area contributed by atoms with Crippen molar-refractivity contribution < 1.29 is 0 Å². The van der Waals surface area contributed by atoms with Gasteiger partial charge in [0.05, 0.1) is 5.92 Å². The van der Waals surface area contributed by atoms with E-state index in [2.05, 4.69) is 39.8 Å². The van der Waals surface area contributed by atoms with Crippen LogP contribution in [-0.2, 0) is 13.0 Å². The molecule has 2 N–H and O–H groups in total. The predicted molar refractivity (Wildman–Crippen MR) is 68.1 cm³/mol. The third-order valence-electron chi connectivity index (χ3n) is 3.55. The molecule has 1 aromatic heterocycles. The number of benzene rings is 1. The van der Waals surface area contributed by atoms with Crippen LogP contribution in [0.15, 0.2) is 24.3 Å². The lowest BCUT2D eigenvalue weighted by molar-refractivity contribution is 0.502. The molecule has 0 saturated carbocycles. The quantitative estimate of drug-likeness (QED) is 0.798. The maximum absolute atomic E-state index is 5.51. The SMILES string of the molecule is NCCCCn1nnnc1C1Cc2ccccc21. The predicted octanol–water partition coefficient (Wildman–Crippen LogP) is 1.10. The molecule has 1 heterocycles. The molecular weight excluding hydrogens is 226 g/mol. The van der Waals surface area contributed by atoms with E-state index in [4.69, 9.17) is 5.73 Å². The fourth-order valence-corrected chi connectivity index (χ4v) is 2.52. The summed E-state index contributed by atoms with van der Waals surface area (Å²) < 4.78 is 1.93. The second-order valence-electron chi connectivity index (χ2n) is 4.71. The first-order valence-electron chi connectivity index (χ1n) is 6.44. The van der Waals surface area contributed by atoms with E-state index in [0.29, 0.717) is 5.92 Å². The van der Waals surface area contributed by atoms with Gasteiger partial charge in [0, 0.05) is 6.54 Å². The van der Waals surface area contributed by atoms with Gasteiger partial charge in [0.25, 0.3) is 0 Å². The highest BCUT2D eigenvalue weighted by atomic mass is 15.5. The van der Waals surface area contributed by atoms with Gasteiger partial charge in [-0.05, 0) is 47.4 Å². The van der Waals surface area contributed by atoms with Crippen molar-refractivity contribution in [3.05, 3.63) is 41.2 Å². The van der Waals surface area contributed by atoms with Crippen LogP contribution in [0.4, 0.5) is 0 Å². The van der Waals surface area contributed by atoms with Crippen molar-refractivity contribution in [1.82, 2.24) is 20.2 Å². The van der Waals surface area contributed by atoms with Crippen molar-refractivity contribution in [3.63, 3.8) is 0 Å². The molecule has 1 atom stereocenters. The molecule has 5 nitrogen and oxygen atoms in total. The Bertz CT molecular complexity index is 534. The van der Waals surface area contributed by atoms with Crippen molar-refractivity contribution >= 4 is 0 Å². The van der Waals surface area contributed by atoms with Crippen LogP contribution in [0.3, 0.4) is 0 Å². The normalized spacial score (nSPS) is 17.3. The number of nitrogens with two attached hydrogens (primary N) is 1. The van der Waals surface area contributed by atoms with E-state index < -0.39 is 0 Å². The third-order valence-corrected chi connectivity index (χ3v) is 3.55. The van der Waals surface area contributed by atoms with Crippen LogP contribution in [0.2, 0.25) is 0 Å². The van der Waals surface area contributed by atoms with Gasteiger partial charge in [0.15, 0.2) is 5.82 Å². The van der Waals surface area contributed by atoms with Gasteiger partial charge < -0.3 is 5.73 Å². The summed E-state index contributed by atoms with van der Waals surface area (Å²) >= 11 is 0. The van der Waals surface area contributed by atoms with Gasteiger partial charge in [0.2, 0.25) is 0 Å². The number of hydrogen-bond donors (Lipinski definition) is 1. The second kappa shape index (κ2) is 4.86. The molecule has 1 unspecified atom stereocenters. The first-order chi connectivity index (χ1) is 8.90. The van der Waals surface area contributed by atoms with E-state index in [1.165, 1.54) is 11.1 Å². The van der Waals surface area contributed by atoms with E-state index in [1.54, 1.807) is 0 Å². The lowest BCUT2D eigenvalue weighted by Crippen LogP contribution is -2.22. The largest absolute Gasteiger partial charge is 0.330 e. The molecule has 0 fully saturated rings. The molecule has 5 heteroatoms. The van der Waals surface area contributed by atoms with Gasteiger partial charge >= 0.3 is 0 Å². The molecule has 0 radical (unpaired) electrons. The average Bonchev–Trinajstić information content (AvgIpc) is 2.80. The second-order valence-corrected chi connectivity index (χ2v) is 4.71. The highest BCUT2D eigenvalue weighted by molar-refractivity contribution is 5.43. The molecule has 0 spiro atoms. The monoisotopic (exact) mass is 243 g/mol. The van der Waals surface area contributed by atoms with Crippen molar-refractivity contribution in [2.24, 2.45) is 5.73 Å². The third kappa shape index (κ3) is 1.90. The zero-order valence-corrected chi connectivity index (χ0v) is 10.3. The highest BCUT2D eigenvalue weighted by Crippen LogP contribution is 2.38. The topological polar surface area (TPSA) is 69.6 Å². The minimum atomic E-state index is 0.370. The van der Waals surface area contributed by atoms with E-state index in [1.807, 2.05) is 4.68 Å². The van der Waals surface area contributed by atoms with Crippen molar-refractivity contribution in [2.45, 2.75) is 31.7 Å². The van der Waals surface area contributed by atoms with Crippen LogP contribution in [0.1, 0.15) is 35.7 Å². The lowest BCUT2D eigenvalue weighted by atomic mass is 9.77. The zero-order chi connectivity index (χ0) is 12.4. The maximum Gasteiger partial charge on any atom is 0.159 e. The Kier molecular flexibility index (Phi) is 3.06. The minimum absolute atomic E-state index is 0.370. The Labute approximate surface area is 106 Å². The summed E-state index contributed by atoms with van der Waals surface area (Å²) in [7, 11) is 0. The van der Waals surface area contributed by atoms with Gasteiger partial charge in [-0.1, -0.05) is 24.3 Å². The summed E-state index contributed by atoms with van der Waals surface area (Å²) in [5.74, 6) is 1.36.